The molecule has 0 atom stereocenters. The molecule has 0 unspecified atom stereocenters. The second-order valence-electron chi connectivity index (χ2n) is 4.82. The molecule has 2 aromatic heterocycles. The average molecular weight is 291 g/mol. The molecule has 0 saturated carbocycles. The number of aliphatic carboxylic acids is 1. The van der Waals surface area contributed by atoms with Gasteiger partial charge in [-0.2, -0.15) is 10.2 Å². The van der Waals surface area contributed by atoms with Crippen molar-refractivity contribution in [2.45, 2.75) is 26.8 Å². The van der Waals surface area contributed by atoms with Gasteiger partial charge in [0.15, 0.2) is 0 Å². The molecule has 2 N–H and O–H groups in total. The Morgan fingerprint density at radius 1 is 1.38 bits per heavy atom. The van der Waals surface area contributed by atoms with Gasteiger partial charge in [0.1, 0.15) is 6.54 Å². The van der Waals surface area contributed by atoms with E-state index in [0.717, 1.165) is 17.0 Å². The molecular weight excluding hydrogens is 274 g/mol. The zero-order valence-electron chi connectivity index (χ0n) is 12.1. The SMILES string of the molecule is Cc1nn(C)c(C)c1CC(=O)Nc1cnn(CC(=O)O)c1. The minimum atomic E-state index is -0.988. The first-order valence-electron chi connectivity index (χ1n) is 6.40. The second kappa shape index (κ2) is 5.78. The first-order valence-corrected chi connectivity index (χ1v) is 6.40. The van der Waals surface area contributed by atoms with E-state index in [-0.39, 0.29) is 18.9 Å². The van der Waals surface area contributed by atoms with Gasteiger partial charge in [-0.05, 0) is 13.8 Å². The molecule has 21 heavy (non-hydrogen) atoms. The summed E-state index contributed by atoms with van der Waals surface area (Å²) in [7, 11) is 1.83. The number of nitrogens with one attached hydrogen (secondary N) is 1. The van der Waals surface area contributed by atoms with E-state index in [1.165, 1.54) is 17.1 Å². The molecule has 8 nitrogen and oxygen atoms in total. The van der Waals surface area contributed by atoms with Crippen LogP contribution < -0.4 is 5.32 Å². The summed E-state index contributed by atoms with van der Waals surface area (Å²) in [4.78, 5) is 22.6. The van der Waals surface area contributed by atoms with E-state index in [4.69, 9.17) is 5.11 Å². The summed E-state index contributed by atoms with van der Waals surface area (Å²) in [5.74, 6) is -1.18. The summed E-state index contributed by atoms with van der Waals surface area (Å²) in [6.45, 7) is 3.53. The largest absolute Gasteiger partial charge is 0.480 e. The van der Waals surface area contributed by atoms with Crippen LogP contribution in [0.15, 0.2) is 12.4 Å². The highest BCUT2D eigenvalue weighted by molar-refractivity contribution is 5.92. The number of hydrogen-bond donors (Lipinski definition) is 2. The number of anilines is 1. The van der Waals surface area contributed by atoms with Crippen LogP contribution in [0.4, 0.5) is 5.69 Å². The van der Waals surface area contributed by atoms with Crippen molar-refractivity contribution in [3.05, 3.63) is 29.3 Å². The van der Waals surface area contributed by atoms with Crippen LogP contribution in [0.1, 0.15) is 17.0 Å². The molecule has 0 aromatic carbocycles. The second-order valence-corrected chi connectivity index (χ2v) is 4.82. The minimum Gasteiger partial charge on any atom is -0.480 e. The molecule has 0 aliphatic carbocycles. The lowest BCUT2D eigenvalue weighted by Gasteiger charge is -2.03. The van der Waals surface area contributed by atoms with Crippen molar-refractivity contribution < 1.29 is 14.7 Å². The first kappa shape index (κ1) is 14.8. The number of nitrogens with zero attached hydrogens (tertiary/aromatic N) is 4. The standard InChI is InChI=1S/C13H17N5O3/c1-8-11(9(2)17(3)16-8)4-12(19)15-10-5-14-18(6-10)7-13(20)21/h5-6H,4,7H2,1-3H3,(H,15,19)(H,20,21). The number of carboxylic acid groups (broad SMARTS) is 1. The van der Waals surface area contributed by atoms with Gasteiger partial charge in [0, 0.05) is 24.5 Å². The number of hydrogen-bond acceptors (Lipinski definition) is 4. The lowest BCUT2D eigenvalue weighted by atomic mass is 10.1. The van der Waals surface area contributed by atoms with Crippen molar-refractivity contribution in [1.29, 1.82) is 0 Å². The fraction of sp³-hybridized carbons (Fsp3) is 0.385. The maximum absolute atomic E-state index is 12.0. The molecule has 0 bridgehead atoms. The Morgan fingerprint density at radius 2 is 2.10 bits per heavy atom. The third kappa shape index (κ3) is 3.47. The van der Waals surface area contributed by atoms with Crippen LogP contribution >= 0.6 is 0 Å². The molecule has 2 aromatic rings. The number of rotatable bonds is 5. The Morgan fingerprint density at radius 3 is 2.67 bits per heavy atom. The van der Waals surface area contributed by atoms with Gasteiger partial charge >= 0.3 is 5.97 Å². The Balaban J connectivity index is 2.01. The van der Waals surface area contributed by atoms with E-state index < -0.39 is 5.97 Å². The summed E-state index contributed by atoms with van der Waals surface area (Å²) in [6, 6.07) is 0. The highest BCUT2D eigenvalue weighted by atomic mass is 16.4. The van der Waals surface area contributed by atoms with Gasteiger partial charge in [0.2, 0.25) is 5.91 Å². The molecule has 0 spiro atoms. The Hall–Kier alpha value is -2.64. The molecule has 0 radical (unpaired) electrons. The van der Waals surface area contributed by atoms with Crippen LogP contribution in [0.25, 0.3) is 0 Å². The average Bonchev–Trinajstić information content (AvgIpc) is 2.89. The zero-order chi connectivity index (χ0) is 15.6. The van der Waals surface area contributed by atoms with E-state index in [2.05, 4.69) is 15.5 Å². The van der Waals surface area contributed by atoms with Crippen molar-refractivity contribution in [3.63, 3.8) is 0 Å². The maximum Gasteiger partial charge on any atom is 0.325 e. The third-order valence-electron chi connectivity index (χ3n) is 3.21. The van der Waals surface area contributed by atoms with E-state index >= 15 is 0 Å². The highest BCUT2D eigenvalue weighted by Gasteiger charge is 2.14. The summed E-state index contributed by atoms with van der Waals surface area (Å²) in [6.07, 6.45) is 3.12. The van der Waals surface area contributed by atoms with Gasteiger partial charge in [-0.1, -0.05) is 0 Å². The van der Waals surface area contributed by atoms with Crippen LogP contribution in [-0.4, -0.2) is 36.5 Å². The molecule has 2 heterocycles. The zero-order valence-corrected chi connectivity index (χ0v) is 12.1. The number of carbonyl (C=O) groups excluding carboxylic acids is 1. The number of amides is 1. The number of carbonyl (C=O) groups is 2. The predicted octanol–water partition coefficient (Wildman–Crippen LogP) is 0.499. The summed E-state index contributed by atoms with van der Waals surface area (Å²) in [5, 5.41) is 19.5. The summed E-state index contributed by atoms with van der Waals surface area (Å²) < 4.78 is 2.99. The van der Waals surface area contributed by atoms with Gasteiger partial charge < -0.3 is 10.4 Å². The molecule has 0 aliphatic heterocycles. The topological polar surface area (TPSA) is 102 Å². The lowest BCUT2D eigenvalue weighted by molar-refractivity contribution is -0.137. The van der Waals surface area contributed by atoms with Crippen LogP contribution in [0.2, 0.25) is 0 Å². The normalized spacial score (nSPS) is 10.6. The highest BCUT2D eigenvalue weighted by Crippen LogP contribution is 2.14. The quantitative estimate of drug-likeness (QED) is 0.835. The van der Waals surface area contributed by atoms with Gasteiger partial charge in [-0.3, -0.25) is 19.0 Å². The van der Waals surface area contributed by atoms with E-state index in [0.29, 0.717) is 5.69 Å². The molecule has 1 amide bonds. The molecule has 8 heteroatoms. The minimum absolute atomic E-state index is 0.191. The molecule has 0 fully saturated rings. The van der Waals surface area contributed by atoms with Crippen molar-refractivity contribution in [2.24, 2.45) is 7.05 Å². The monoisotopic (exact) mass is 291 g/mol. The van der Waals surface area contributed by atoms with Crippen molar-refractivity contribution in [3.8, 4) is 0 Å². The summed E-state index contributed by atoms with van der Waals surface area (Å²) in [5.41, 5.74) is 3.14. The molecule has 0 saturated heterocycles. The van der Waals surface area contributed by atoms with Gasteiger partial charge in [0.25, 0.3) is 0 Å². The van der Waals surface area contributed by atoms with Gasteiger partial charge in [-0.15, -0.1) is 0 Å². The maximum atomic E-state index is 12.0. The van der Waals surface area contributed by atoms with E-state index in [1.54, 1.807) is 4.68 Å². The van der Waals surface area contributed by atoms with Crippen molar-refractivity contribution >= 4 is 17.6 Å². The van der Waals surface area contributed by atoms with Crippen molar-refractivity contribution in [2.75, 3.05) is 5.32 Å². The third-order valence-corrected chi connectivity index (χ3v) is 3.21. The fourth-order valence-electron chi connectivity index (χ4n) is 2.09. The number of carboxylic acids is 1. The van der Waals surface area contributed by atoms with Gasteiger partial charge in [-0.25, -0.2) is 0 Å². The lowest BCUT2D eigenvalue weighted by Crippen LogP contribution is -2.15. The van der Waals surface area contributed by atoms with Crippen LogP contribution in [0.5, 0.6) is 0 Å². The van der Waals surface area contributed by atoms with Crippen LogP contribution in [0, 0.1) is 13.8 Å². The first-order chi connectivity index (χ1) is 9.86. The molecule has 2 rings (SSSR count). The number of aromatic nitrogens is 4. The smallest absolute Gasteiger partial charge is 0.325 e. The van der Waals surface area contributed by atoms with Crippen LogP contribution in [0.3, 0.4) is 0 Å². The van der Waals surface area contributed by atoms with Crippen LogP contribution in [-0.2, 0) is 29.6 Å². The molecular formula is C13H17N5O3. The summed E-state index contributed by atoms with van der Waals surface area (Å²) >= 11 is 0. The van der Waals surface area contributed by atoms with E-state index in [1.807, 2.05) is 20.9 Å². The molecule has 0 aliphatic rings. The number of aryl methyl sites for hydroxylation is 2. The molecule has 112 valence electrons. The predicted molar refractivity (Wildman–Crippen MR) is 74.9 cm³/mol. The Bertz CT molecular complexity index is 686. The van der Waals surface area contributed by atoms with Gasteiger partial charge in [0.05, 0.1) is 24.0 Å². The van der Waals surface area contributed by atoms with Crippen molar-refractivity contribution in [1.82, 2.24) is 19.6 Å². The Labute approximate surface area is 121 Å². The Kier molecular flexibility index (Phi) is 4.06. The van der Waals surface area contributed by atoms with E-state index in [9.17, 15) is 9.59 Å². The fourth-order valence-corrected chi connectivity index (χ4v) is 2.09.